The maximum atomic E-state index is 11.4. The number of benzene rings is 1. The molecule has 1 aliphatic heterocycles. The first-order valence-electron chi connectivity index (χ1n) is 7.88. The van der Waals surface area contributed by atoms with Crippen molar-refractivity contribution in [2.75, 3.05) is 0 Å². The summed E-state index contributed by atoms with van der Waals surface area (Å²) >= 11 is 6.04. The molecule has 1 N–H and O–H groups in total. The molecule has 0 amide bonds. The van der Waals surface area contributed by atoms with E-state index in [-0.39, 0.29) is 11.2 Å². The van der Waals surface area contributed by atoms with E-state index in [0.717, 1.165) is 31.3 Å². The monoisotopic (exact) mass is 336 g/mol. The molecule has 0 bridgehead atoms. The minimum atomic E-state index is -0.665. The van der Waals surface area contributed by atoms with Crippen LogP contribution in [-0.4, -0.2) is 16.2 Å². The van der Waals surface area contributed by atoms with Gasteiger partial charge in [0.15, 0.2) is 5.72 Å². The van der Waals surface area contributed by atoms with Gasteiger partial charge >= 0.3 is 5.69 Å². The highest BCUT2D eigenvalue weighted by atomic mass is 35.5. The highest BCUT2D eigenvalue weighted by molar-refractivity contribution is 6.31. The van der Waals surface area contributed by atoms with Gasteiger partial charge in [-0.05, 0) is 57.7 Å². The molecular weight excluding hydrogens is 316 g/mol. The molecule has 3 rings (SSSR count). The van der Waals surface area contributed by atoms with Gasteiger partial charge in [-0.3, -0.25) is 15.4 Å². The molecule has 1 aromatic rings. The first-order valence-corrected chi connectivity index (χ1v) is 8.25. The van der Waals surface area contributed by atoms with Gasteiger partial charge < -0.3 is 4.74 Å². The van der Waals surface area contributed by atoms with Crippen LogP contribution in [0.5, 0.6) is 5.75 Å². The molecule has 1 heterocycles. The lowest BCUT2D eigenvalue weighted by atomic mass is 9.82. The second kappa shape index (κ2) is 5.49. The highest BCUT2D eigenvalue weighted by Crippen LogP contribution is 2.47. The Kier molecular flexibility index (Phi) is 3.89. The number of hydrogen-bond acceptors (Lipinski definition) is 4. The Morgan fingerprint density at radius 2 is 2.09 bits per heavy atom. The summed E-state index contributed by atoms with van der Waals surface area (Å²) in [4.78, 5) is 11.0. The molecule has 0 saturated heterocycles. The maximum absolute atomic E-state index is 11.4. The molecule has 5 nitrogen and oxygen atoms in total. The number of hydrogen-bond donors (Lipinski definition) is 1. The fourth-order valence-electron chi connectivity index (χ4n) is 3.45. The third-order valence-corrected chi connectivity index (χ3v) is 4.40. The van der Waals surface area contributed by atoms with E-state index in [0.29, 0.717) is 16.3 Å². The molecular formula is C17H21ClN2O3. The van der Waals surface area contributed by atoms with Gasteiger partial charge in [-0.25, -0.2) is 0 Å². The quantitative estimate of drug-likeness (QED) is 0.629. The normalized spacial score (nSPS) is 23.4. The number of nitrogens with one attached hydrogen (secondary N) is 1. The van der Waals surface area contributed by atoms with Crippen molar-refractivity contribution in [2.45, 2.75) is 57.7 Å². The average Bonchev–Trinajstić information content (AvgIpc) is 2.42. The van der Waals surface area contributed by atoms with Crippen LogP contribution < -0.4 is 10.1 Å². The van der Waals surface area contributed by atoms with Crippen molar-refractivity contribution in [1.29, 1.82) is 0 Å². The summed E-state index contributed by atoms with van der Waals surface area (Å²) in [6, 6.07) is 3.08. The molecule has 1 aliphatic carbocycles. The molecule has 0 aromatic heterocycles. The van der Waals surface area contributed by atoms with E-state index in [9.17, 15) is 10.1 Å². The molecule has 23 heavy (non-hydrogen) atoms. The molecule has 1 unspecified atom stereocenters. The number of nitro benzene ring substituents is 1. The van der Waals surface area contributed by atoms with Crippen molar-refractivity contribution in [3.8, 4) is 5.75 Å². The largest absolute Gasteiger partial charge is 0.461 e. The topological polar surface area (TPSA) is 64.4 Å². The molecule has 2 aliphatic rings. The van der Waals surface area contributed by atoms with E-state index in [1.54, 1.807) is 6.07 Å². The fourth-order valence-corrected chi connectivity index (χ4v) is 3.67. The fraction of sp³-hybridized carbons (Fsp3) is 0.529. The summed E-state index contributed by atoms with van der Waals surface area (Å²) < 4.78 is 6.27. The molecule has 1 saturated carbocycles. The number of ether oxygens (including phenoxy) is 1. The minimum Gasteiger partial charge on any atom is -0.461 e. The van der Waals surface area contributed by atoms with Crippen LogP contribution >= 0.6 is 11.6 Å². The third-order valence-electron chi connectivity index (χ3n) is 4.19. The van der Waals surface area contributed by atoms with Gasteiger partial charge in [-0.15, -0.1) is 0 Å². The summed E-state index contributed by atoms with van der Waals surface area (Å²) in [7, 11) is 0. The van der Waals surface area contributed by atoms with Crippen LogP contribution in [0.15, 0.2) is 17.7 Å². The van der Waals surface area contributed by atoms with E-state index in [1.807, 2.05) is 6.08 Å². The second-order valence-corrected chi connectivity index (χ2v) is 7.72. The first-order chi connectivity index (χ1) is 10.7. The molecule has 1 aromatic carbocycles. The second-order valence-electron chi connectivity index (χ2n) is 7.28. The molecule has 124 valence electrons. The smallest absolute Gasteiger partial charge is 0.313 e. The maximum Gasteiger partial charge on any atom is 0.313 e. The zero-order chi connectivity index (χ0) is 16.8. The summed E-state index contributed by atoms with van der Waals surface area (Å²) in [6.07, 6.45) is 5.85. The molecule has 0 radical (unpaired) electrons. The zero-order valence-corrected chi connectivity index (χ0v) is 14.4. The van der Waals surface area contributed by atoms with Crippen molar-refractivity contribution in [3.05, 3.63) is 38.4 Å². The van der Waals surface area contributed by atoms with Crippen LogP contribution in [0.3, 0.4) is 0 Å². The van der Waals surface area contributed by atoms with E-state index in [4.69, 9.17) is 16.3 Å². The molecule has 6 heteroatoms. The van der Waals surface area contributed by atoms with Gasteiger partial charge in [-0.1, -0.05) is 11.6 Å². The number of halogens is 1. The average molecular weight is 337 g/mol. The van der Waals surface area contributed by atoms with E-state index in [2.05, 4.69) is 26.1 Å². The van der Waals surface area contributed by atoms with Gasteiger partial charge in [0.2, 0.25) is 5.75 Å². The highest BCUT2D eigenvalue weighted by Gasteiger charge is 2.45. The predicted octanol–water partition coefficient (Wildman–Crippen LogP) is 4.68. The van der Waals surface area contributed by atoms with Crippen molar-refractivity contribution >= 4 is 23.4 Å². The Morgan fingerprint density at radius 3 is 2.74 bits per heavy atom. The Balaban J connectivity index is 2.14. The Labute approximate surface area is 140 Å². The lowest BCUT2D eigenvalue weighted by molar-refractivity contribution is -0.386. The Hall–Kier alpha value is -1.59. The molecule has 1 atom stereocenters. The van der Waals surface area contributed by atoms with Gasteiger partial charge in [0.1, 0.15) is 0 Å². The first kappa shape index (κ1) is 16.3. The van der Waals surface area contributed by atoms with E-state index in [1.165, 1.54) is 6.07 Å². The van der Waals surface area contributed by atoms with Crippen LogP contribution in [0.25, 0.3) is 6.08 Å². The minimum absolute atomic E-state index is 0.0801. The van der Waals surface area contributed by atoms with Crippen LogP contribution in [0.4, 0.5) is 5.69 Å². The van der Waals surface area contributed by atoms with Crippen molar-refractivity contribution in [2.24, 2.45) is 0 Å². The number of rotatable bonds is 2. The standard InChI is InChI=1S/C17H21ClN2O3/c1-16(2,3)19-17-7-5-4-6-12(17)8-11-9-13(18)10-14(20(21)22)15(11)23-17/h8-10,19H,4-7H2,1-3H3. The lowest BCUT2D eigenvalue weighted by Crippen LogP contribution is -2.60. The Bertz CT molecular complexity index is 694. The third kappa shape index (κ3) is 3.08. The summed E-state index contributed by atoms with van der Waals surface area (Å²) in [5.74, 6) is 0.307. The SMILES string of the molecule is CC(C)(C)NC12CCCCC1=Cc1cc(Cl)cc([N+](=O)[O-])c1O2. The van der Waals surface area contributed by atoms with Crippen LogP contribution in [0.1, 0.15) is 52.0 Å². The van der Waals surface area contributed by atoms with Gasteiger partial charge in [0.05, 0.1) is 4.92 Å². The molecule has 1 fully saturated rings. The van der Waals surface area contributed by atoms with Crippen LogP contribution in [0, 0.1) is 10.1 Å². The van der Waals surface area contributed by atoms with Crippen LogP contribution in [-0.2, 0) is 0 Å². The van der Waals surface area contributed by atoms with Gasteiger partial charge in [-0.2, -0.15) is 0 Å². The number of nitrogens with zero attached hydrogens (tertiary/aromatic N) is 1. The summed E-state index contributed by atoms with van der Waals surface area (Å²) in [6.45, 7) is 6.22. The van der Waals surface area contributed by atoms with E-state index >= 15 is 0 Å². The van der Waals surface area contributed by atoms with Gasteiger partial charge in [0, 0.05) is 28.6 Å². The number of fused-ring (bicyclic) bond motifs is 2. The van der Waals surface area contributed by atoms with Crippen molar-refractivity contribution in [3.63, 3.8) is 0 Å². The Morgan fingerprint density at radius 1 is 1.35 bits per heavy atom. The zero-order valence-electron chi connectivity index (χ0n) is 13.6. The number of nitro groups is 1. The van der Waals surface area contributed by atoms with Gasteiger partial charge in [0.25, 0.3) is 0 Å². The van der Waals surface area contributed by atoms with Crippen LogP contribution in [0.2, 0.25) is 5.02 Å². The molecule has 0 spiro atoms. The summed E-state index contributed by atoms with van der Waals surface area (Å²) in [5, 5.41) is 15.3. The predicted molar refractivity (Wildman–Crippen MR) is 90.8 cm³/mol. The lowest BCUT2D eigenvalue weighted by Gasteiger charge is -2.46. The van der Waals surface area contributed by atoms with Crippen molar-refractivity contribution in [1.82, 2.24) is 5.32 Å². The summed E-state index contributed by atoms with van der Waals surface area (Å²) in [5.41, 5.74) is 0.913. The van der Waals surface area contributed by atoms with Crippen molar-refractivity contribution < 1.29 is 9.66 Å². The van der Waals surface area contributed by atoms with E-state index < -0.39 is 10.6 Å².